The van der Waals surface area contributed by atoms with E-state index in [4.69, 9.17) is 4.52 Å². The molecule has 0 aliphatic heterocycles. The van der Waals surface area contributed by atoms with E-state index in [1.165, 1.54) is 0 Å². The molecule has 1 atom stereocenters. The summed E-state index contributed by atoms with van der Waals surface area (Å²) in [6.07, 6.45) is 1.99. The summed E-state index contributed by atoms with van der Waals surface area (Å²) in [6, 6.07) is 14.2. The van der Waals surface area contributed by atoms with Gasteiger partial charge in [0.05, 0.1) is 0 Å². The second kappa shape index (κ2) is 8.43. The Balaban J connectivity index is 1.56. The Kier molecular flexibility index (Phi) is 5.78. The third-order valence-electron chi connectivity index (χ3n) is 4.45. The second-order valence-electron chi connectivity index (χ2n) is 6.51. The molecule has 0 saturated carbocycles. The van der Waals surface area contributed by atoms with Gasteiger partial charge in [-0.1, -0.05) is 41.6 Å². The molecule has 0 spiro atoms. The highest BCUT2D eigenvalue weighted by atomic mass is 16.5. The van der Waals surface area contributed by atoms with Gasteiger partial charge in [0.2, 0.25) is 17.6 Å². The predicted octanol–water partition coefficient (Wildman–Crippen LogP) is 2.22. The maximum Gasteiger partial charge on any atom is 0.315 e. The lowest BCUT2D eigenvalue weighted by atomic mass is 9.82. The maximum atomic E-state index is 12.2. The quantitative estimate of drug-likeness (QED) is 0.615. The Labute approximate surface area is 161 Å². The topological polar surface area (TPSA) is 118 Å². The number of pyridine rings is 1. The van der Waals surface area contributed by atoms with Crippen LogP contribution < -0.4 is 5.32 Å². The SMILES string of the molecule is CC(CNC(=O)CCc1nc(-c2ccccn2)no1)(C(=O)O)c1ccccc1. The summed E-state index contributed by atoms with van der Waals surface area (Å²) in [5, 5.41) is 16.2. The first-order valence-corrected chi connectivity index (χ1v) is 8.78. The number of carbonyl (C=O) groups excluding carboxylic acids is 1. The van der Waals surface area contributed by atoms with Crippen molar-refractivity contribution in [2.75, 3.05) is 6.54 Å². The van der Waals surface area contributed by atoms with Crippen LogP contribution in [0.4, 0.5) is 0 Å². The molecule has 3 aromatic rings. The number of rotatable bonds is 8. The van der Waals surface area contributed by atoms with Crippen LogP contribution in [0.5, 0.6) is 0 Å². The monoisotopic (exact) mass is 380 g/mol. The van der Waals surface area contributed by atoms with Crippen LogP contribution in [0.1, 0.15) is 24.8 Å². The van der Waals surface area contributed by atoms with Crippen molar-refractivity contribution < 1.29 is 19.2 Å². The zero-order valence-electron chi connectivity index (χ0n) is 15.3. The smallest absolute Gasteiger partial charge is 0.315 e. The molecule has 144 valence electrons. The molecule has 0 saturated heterocycles. The number of nitrogens with one attached hydrogen (secondary N) is 1. The van der Waals surface area contributed by atoms with Crippen LogP contribution in [0.2, 0.25) is 0 Å². The number of carboxylic acids is 1. The standard InChI is InChI=1S/C20H20N4O4/c1-20(19(26)27,14-7-3-2-4-8-14)13-22-16(25)10-11-17-23-18(24-28-17)15-9-5-6-12-21-15/h2-9,12H,10-11,13H2,1H3,(H,22,25)(H,26,27). The van der Waals surface area contributed by atoms with E-state index < -0.39 is 11.4 Å². The van der Waals surface area contributed by atoms with Crippen molar-refractivity contribution in [2.24, 2.45) is 0 Å². The molecular formula is C20H20N4O4. The minimum Gasteiger partial charge on any atom is -0.481 e. The average molecular weight is 380 g/mol. The number of hydrogen-bond acceptors (Lipinski definition) is 6. The lowest BCUT2D eigenvalue weighted by Gasteiger charge is -2.25. The molecule has 0 aliphatic rings. The lowest BCUT2D eigenvalue weighted by Crippen LogP contribution is -2.44. The third kappa shape index (κ3) is 4.40. The van der Waals surface area contributed by atoms with Gasteiger partial charge in [0.25, 0.3) is 0 Å². The third-order valence-corrected chi connectivity index (χ3v) is 4.45. The van der Waals surface area contributed by atoms with Gasteiger partial charge in [-0.2, -0.15) is 4.98 Å². The zero-order valence-corrected chi connectivity index (χ0v) is 15.3. The van der Waals surface area contributed by atoms with E-state index >= 15 is 0 Å². The van der Waals surface area contributed by atoms with Gasteiger partial charge in [-0.15, -0.1) is 0 Å². The number of aliphatic carboxylic acids is 1. The fraction of sp³-hybridized carbons (Fsp3) is 0.250. The Morgan fingerprint density at radius 3 is 2.57 bits per heavy atom. The molecule has 1 amide bonds. The highest BCUT2D eigenvalue weighted by Crippen LogP contribution is 2.23. The molecule has 1 unspecified atom stereocenters. The summed E-state index contributed by atoms with van der Waals surface area (Å²) in [5.74, 6) is -0.615. The minimum absolute atomic E-state index is 0.0196. The largest absolute Gasteiger partial charge is 0.481 e. The molecule has 2 aromatic heterocycles. The summed E-state index contributed by atoms with van der Waals surface area (Å²) in [6.45, 7) is 1.57. The summed E-state index contributed by atoms with van der Waals surface area (Å²) in [7, 11) is 0. The molecule has 28 heavy (non-hydrogen) atoms. The first kappa shape index (κ1) is 19.2. The van der Waals surface area contributed by atoms with Crippen molar-refractivity contribution in [1.29, 1.82) is 0 Å². The predicted molar refractivity (Wildman–Crippen MR) is 100 cm³/mol. The number of amides is 1. The number of benzene rings is 1. The van der Waals surface area contributed by atoms with Crippen LogP contribution in [0.25, 0.3) is 11.5 Å². The van der Waals surface area contributed by atoms with Crippen LogP contribution in [0.3, 0.4) is 0 Å². The van der Waals surface area contributed by atoms with E-state index in [2.05, 4.69) is 20.4 Å². The van der Waals surface area contributed by atoms with Crippen molar-refractivity contribution >= 4 is 11.9 Å². The van der Waals surface area contributed by atoms with E-state index in [0.29, 0.717) is 23.0 Å². The molecule has 2 heterocycles. The first-order valence-electron chi connectivity index (χ1n) is 8.78. The highest BCUT2D eigenvalue weighted by molar-refractivity contribution is 5.83. The Bertz CT molecular complexity index is 943. The fourth-order valence-electron chi connectivity index (χ4n) is 2.65. The second-order valence-corrected chi connectivity index (χ2v) is 6.51. The van der Waals surface area contributed by atoms with Crippen molar-refractivity contribution in [3.05, 3.63) is 66.2 Å². The summed E-state index contributed by atoms with van der Waals surface area (Å²) in [4.78, 5) is 32.3. The van der Waals surface area contributed by atoms with Gasteiger partial charge in [0.1, 0.15) is 11.1 Å². The Hall–Kier alpha value is -3.55. The van der Waals surface area contributed by atoms with Gasteiger partial charge in [-0.25, -0.2) is 0 Å². The van der Waals surface area contributed by atoms with E-state index in [-0.39, 0.29) is 25.3 Å². The van der Waals surface area contributed by atoms with Crippen molar-refractivity contribution in [1.82, 2.24) is 20.4 Å². The molecule has 8 heteroatoms. The van der Waals surface area contributed by atoms with Crippen LogP contribution in [0.15, 0.2) is 59.3 Å². The van der Waals surface area contributed by atoms with E-state index in [1.54, 1.807) is 49.5 Å². The number of aryl methyl sites for hydroxylation is 1. The lowest BCUT2D eigenvalue weighted by molar-refractivity contribution is -0.143. The number of hydrogen-bond donors (Lipinski definition) is 2. The number of aromatic nitrogens is 3. The van der Waals surface area contributed by atoms with Gasteiger partial charge in [0, 0.05) is 25.6 Å². The maximum absolute atomic E-state index is 12.2. The van der Waals surface area contributed by atoms with E-state index in [9.17, 15) is 14.7 Å². The molecule has 1 aromatic carbocycles. The van der Waals surface area contributed by atoms with Crippen molar-refractivity contribution in [3.63, 3.8) is 0 Å². The Morgan fingerprint density at radius 1 is 1.14 bits per heavy atom. The number of carboxylic acid groups (broad SMARTS) is 1. The van der Waals surface area contributed by atoms with Gasteiger partial charge < -0.3 is 14.9 Å². The summed E-state index contributed by atoms with van der Waals surface area (Å²) in [5.41, 5.74) is -0.00478. The van der Waals surface area contributed by atoms with Gasteiger partial charge >= 0.3 is 5.97 Å². The van der Waals surface area contributed by atoms with E-state index in [0.717, 1.165) is 0 Å². The molecule has 3 rings (SSSR count). The first-order chi connectivity index (χ1) is 13.5. The summed E-state index contributed by atoms with van der Waals surface area (Å²) < 4.78 is 5.15. The van der Waals surface area contributed by atoms with Gasteiger partial charge in [-0.3, -0.25) is 14.6 Å². The fourth-order valence-corrected chi connectivity index (χ4v) is 2.65. The van der Waals surface area contributed by atoms with Crippen LogP contribution in [0, 0.1) is 0 Å². The van der Waals surface area contributed by atoms with Crippen molar-refractivity contribution in [2.45, 2.75) is 25.2 Å². The molecular weight excluding hydrogens is 360 g/mol. The van der Waals surface area contributed by atoms with Crippen LogP contribution in [-0.2, 0) is 21.4 Å². The zero-order chi connectivity index (χ0) is 20.0. The molecule has 0 bridgehead atoms. The van der Waals surface area contributed by atoms with Gasteiger partial charge in [-0.05, 0) is 24.6 Å². The van der Waals surface area contributed by atoms with Crippen LogP contribution >= 0.6 is 0 Å². The van der Waals surface area contributed by atoms with E-state index in [1.807, 2.05) is 12.1 Å². The highest BCUT2D eigenvalue weighted by Gasteiger charge is 2.35. The number of nitrogens with zero attached hydrogens (tertiary/aromatic N) is 3. The minimum atomic E-state index is -1.21. The molecule has 8 nitrogen and oxygen atoms in total. The van der Waals surface area contributed by atoms with Gasteiger partial charge in [0.15, 0.2) is 0 Å². The molecule has 0 aliphatic carbocycles. The molecule has 2 N–H and O–H groups in total. The average Bonchev–Trinajstić information content (AvgIpc) is 3.21. The van der Waals surface area contributed by atoms with Crippen molar-refractivity contribution in [3.8, 4) is 11.5 Å². The number of carbonyl (C=O) groups is 2. The normalized spacial score (nSPS) is 12.9. The molecule has 0 fully saturated rings. The summed E-state index contributed by atoms with van der Waals surface area (Å²) >= 11 is 0. The molecule has 0 radical (unpaired) electrons. The van der Waals surface area contributed by atoms with Crippen LogP contribution in [-0.4, -0.2) is 38.7 Å². The Morgan fingerprint density at radius 2 is 1.89 bits per heavy atom.